The molecule has 0 heterocycles. The fraction of sp³-hybridized carbons (Fsp3) is 0.192. The molecule has 0 saturated carbocycles. The SMILES string of the molecule is COC(=O)c1ccc(C(=O)N(Cc2ccccc2)C(C)c2cccc(NC(C)=O)c2)cc1. The summed E-state index contributed by atoms with van der Waals surface area (Å²) in [6.45, 7) is 3.82. The molecule has 1 N–H and O–H groups in total. The molecule has 0 aromatic heterocycles. The van der Waals surface area contributed by atoms with E-state index in [0.717, 1.165) is 11.1 Å². The van der Waals surface area contributed by atoms with Crippen LogP contribution in [0.4, 0.5) is 5.69 Å². The van der Waals surface area contributed by atoms with Crippen LogP contribution in [0.2, 0.25) is 0 Å². The molecule has 3 aromatic rings. The van der Waals surface area contributed by atoms with Crippen molar-refractivity contribution in [1.82, 2.24) is 4.90 Å². The summed E-state index contributed by atoms with van der Waals surface area (Å²) in [5, 5.41) is 2.79. The lowest BCUT2D eigenvalue weighted by Crippen LogP contribution is -2.33. The lowest BCUT2D eigenvalue weighted by molar-refractivity contribution is -0.114. The van der Waals surface area contributed by atoms with E-state index in [1.54, 1.807) is 29.2 Å². The molecular formula is C26H26N2O4. The molecule has 0 aliphatic heterocycles. The number of carbonyl (C=O) groups excluding carboxylic acids is 3. The van der Waals surface area contributed by atoms with Crippen molar-refractivity contribution in [3.63, 3.8) is 0 Å². The second-order valence-electron chi connectivity index (χ2n) is 7.47. The standard InChI is InChI=1S/C26H26N2O4/c1-18(23-10-7-11-24(16-23)27-19(2)29)28(17-20-8-5-4-6-9-20)25(30)21-12-14-22(15-13-21)26(31)32-3/h4-16,18H,17H2,1-3H3,(H,27,29). The number of esters is 1. The normalized spacial score (nSPS) is 11.3. The average molecular weight is 431 g/mol. The molecule has 6 heteroatoms. The summed E-state index contributed by atoms with van der Waals surface area (Å²) in [4.78, 5) is 38.5. The molecule has 0 saturated heterocycles. The number of carbonyl (C=O) groups is 3. The minimum Gasteiger partial charge on any atom is -0.465 e. The first kappa shape index (κ1) is 22.7. The van der Waals surface area contributed by atoms with Gasteiger partial charge in [-0.15, -0.1) is 0 Å². The quantitative estimate of drug-likeness (QED) is 0.545. The van der Waals surface area contributed by atoms with Crippen molar-refractivity contribution in [2.45, 2.75) is 26.4 Å². The maximum Gasteiger partial charge on any atom is 0.337 e. The highest BCUT2D eigenvalue weighted by molar-refractivity contribution is 5.96. The monoisotopic (exact) mass is 430 g/mol. The third-order valence-corrected chi connectivity index (χ3v) is 5.17. The number of amides is 2. The van der Waals surface area contributed by atoms with Crippen molar-refractivity contribution in [2.24, 2.45) is 0 Å². The van der Waals surface area contributed by atoms with Crippen LogP contribution in [0.15, 0.2) is 78.9 Å². The largest absolute Gasteiger partial charge is 0.465 e. The molecule has 0 fully saturated rings. The summed E-state index contributed by atoms with van der Waals surface area (Å²) in [5.41, 5.74) is 3.42. The molecule has 3 rings (SSSR count). The van der Waals surface area contributed by atoms with Crippen molar-refractivity contribution in [2.75, 3.05) is 12.4 Å². The molecule has 1 atom stereocenters. The van der Waals surface area contributed by atoms with E-state index in [0.29, 0.717) is 23.4 Å². The van der Waals surface area contributed by atoms with Crippen LogP contribution in [0.5, 0.6) is 0 Å². The highest BCUT2D eigenvalue weighted by atomic mass is 16.5. The predicted molar refractivity (Wildman–Crippen MR) is 123 cm³/mol. The number of methoxy groups -OCH3 is 1. The smallest absolute Gasteiger partial charge is 0.337 e. The van der Waals surface area contributed by atoms with Crippen LogP contribution in [0.3, 0.4) is 0 Å². The van der Waals surface area contributed by atoms with Crippen LogP contribution in [0.25, 0.3) is 0 Å². The molecule has 0 aliphatic rings. The van der Waals surface area contributed by atoms with Gasteiger partial charge in [-0.1, -0.05) is 42.5 Å². The summed E-state index contributed by atoms with van der Waals surface area (Å²) >= 11 is 0. The van der Waals surface area contributed by atoms with Gasteiger partial charge in [0.05, 0.1) is 18.7 Å². The van der Waals surface area contributed by atoms with Crippen molar-refractivity contribution in [3.05, 3.63) is 101 Å². The van der Waals surface area contributed by atoms with Gasteiger partial charge in [-0.3, -0.25) is 9.59 Å². The molecule has 6 nitrogen and oxygen atoms in total. The predicted octanol–water partition coefficient (Wildman–Crippen LogP) is 4.84. The number of hydrogen-bond acceptors (Lipinski definition) is 4. The van der Waals surface area contributed by atoms with Gasteiger partial charge in [0.25, 0.3) is 5.91 Å². The van der Waals surface area contributed by atoms with Gasteiger partial charge < -0.3 is 15.0 Å². The van der Waals surface area contributed by atoms with Gasteiger partial charge in [0.1, 0.15) is 0 Å². The number of ether oxygens (including phenoxy) is 1. The maximum absolute atomic E-state index is 13.5. The van der Waals surface area contributed by atoms with E-state index in [2.05, 4.69) is 5.32 Å². The molecule has 0 bridgehead atoms. The summed E-state index contributed by atoms with van der Waals surface area (Å²) in [6, 6.07) is 23.4. The van der Waals surface area contributed by atoms with Crippen molar-refractivity contribution >= 4 is 23.5 Å². The summed E-state index contributed by atoms with van der Waals surface area (Å²) in [6.07, 6.45) is 0. The molecule has 164 valence electrons. The Hall–Kier alpha value is -3.93. The van der Waals surface area contributed by atoms with Gasteiger partial charge in [-0.05, 0) is 54.4 Å². The fourth-order valence-electron chi connectivity index (χ4n) is 3.46. The van der Waals surface area contributed by atoms with E-state index in [1.807, 2.05) is 61.5 Å². The third-order valence-electron chi connectivity index (χ3n) is 5.17. The summed E-state index contributed by atoms with van der Waals surface area (Å²) in [5.74, 6) is -0.770. The Morgan fingerprint density at radius 3 is 2.19 bits per heavy atom. The Balaban J connectivity index is 1.93. The van der Waals surface area contributed by atoms with Crippen LogP contribution in [-0.4, -0.2) is 29.8 Å². The van der Waals surface area contributed by atoms with E-state index in [1.165, 1.54) is 14.0 Å². The minimum absolute atomic E-state index is 0.155. The van der Waals surface area contributed by atoms with Gasteiger partial charge in [-0.25, -0.2) is 4.79 Å². The lowest BCUT2D eigenvalue weighted by Gasteiger charge is -2.30. The van der Waals surface area contributed by atoms with Crippen molar-refractivity contribution in [3.8, 4) is 0 Å². The van der Waals surface area contributed by atoms with E-state index < -0.39 is 5.97 Å². The van der Waals surface area contributed by atoms with Gasteiger partial charge in [0, 0.05) is 24.7 Å². The topological polar surface area (TPSA) is 75.7 Å². The maximum atomic E-state index is 13.5. The highest BCUT2D eigenvalue weighted by Gasteiger charge is 2.24. The number of nitrogens with one attached hydrogen (secondary N) is 1. The van der Waals surface area contributed by atoms with E-state index in [4.69, 9.17) is 4.74 Å². The molecular weight excluding hydrogens is 404 g/mol. The van der Waals surface area contributed by atoms with Gasteiger partial charge in [-0.2, -0.15) is 0 Å². The van der Waals surface area contributed by atoms with Crippen LogP contribution in [0, 0.1) is 0 Å². The molecule has 2 amide bonds. The average Bonchev–Trinajstić information content (AvgIpc) is 2.81. The first-order chi connectivity index (χ1) is 15.4. The Bertz CT molecular complexity index is 1090. The molecule has 0 radical (unpaired) electrons. The number of benzene rings is 3. The number of nitrogens with zero attached hydrogens (tertiary/aromatic N) is 1. The van der Waals surface area contributed by atoms with Crippen LogP contribution < -0.4 is 5.32 Å². The first-order valence-corrected chi connectivity index (χ1v) is 10.3. The molecule has 0 aliphatic carbocycles. The highest BCUT2D eigenvalue weighted by Crippen LogP contribution is 2.27. The zero-order valence-electron chi connectivity index (χ0n) is 18.4. The molecule has 32 heavy (non-hydrogen) atoms. The van der Waals surface area contributed by atoms with Crippen molar-refractivity contribution < 1.29 is 19.1 Å². The molecule has 3 aromatic carbocycles. The molecule has 1 unspecified atom stereocenters. The Kier molecular flexibility index (Phi) is 7.39. The third kappa shape index (κ3) is 5.60. The van der Waals surface area contributed by atoms with Crippen molar-refractivity contribution in [1.29, 1.82) is 0 Å². The summed E-state index contributed by atoms with van der Waals surface area (Å²) in [7, 11) is 1.32. The second kappa shape index (κ2) is 10.4. The zero-order chi connectivity index (χ0) is 23.1. The van der Waals surface area contributed by atoms with E-state index in [9.17, 15) is 14.4 Å². The Labute approximate surface area is 187 Å². The Morgan fingerprint density at radius 2 is 1.56 bits per heavy atom. The van der Waals surface area contributed by atoms with E-state index >= 15 is 0 Å². The lowest BCUT2D eigenvalue weighted by atomic mass is 10.0. The summed E-state index contributed by atoms with van der Waals surface area (Å²) < 4.78 is 4.73. The Morgan fingerprint density at radius 1 is 0.906 bits per heavy atom. The molecule has 0 spiro atoms. The van der Waals surface area contributed by atoms with Crippen LogP contribution in [0.1, 0.15) is 51.7 Å². The second-order valence-corrected chi connectivity index (χ2v) is 7.47. The first-order valence-electron chi connectivity index (χ1n) is 10.3. The van der Waals surface area contributed by atoms with Gasteiger partial charge in [0.15, 0.2) is 0 Å². The fourth-order valence-corrected chi connectivity index (χ4v) is 3.46. The van der Waals surface area contributed by atoms with Crippen LogP contribution >= 0.6 is 0 Å². The van der Waals surface area contributed by atoms with E-state index in [-0.39, 0.29) is 17.9 Å². The number of hydrogen-bond donors (Lipinski definition) is 1. The van der Waals surface area contributed by atoms with Gasteiger partial charge in [0.2, 0.25) is 5.91 Å². The number of rotatable bonds is 7. The zero-order valence-corrected chi connectivity index (χ0v) is 18.4. The van der Waals surface area contributed by atoms with Gasteiger partial charge >= 0.3 is 5.97 Å². The van der Waals surface area contributed by atoms with Crippen LogP contribution in [-0.2, 0) is 16.1 Å². The number of anilines is 1. The minimum atomic E-state index is -0.451.